The van der Waals surface area contributed by atoms with Crippen molar-refractivity contribution in [1.82, 2.24) is 4.90 Å². The van der Waals surface area contributed by atoms with E-state index >= 15 is 0 Å². The van der Waals surface area contributed by atoms with Gasteiger partial charge in [0.15, 0.2) is 0 Å². The molecule has 0 amide bonds. The van der Waals surface area contributed by atoms with Gasteiger partial charge in [-0.15, -0.1) is 0 Å². The fraction of sp³-hybridized carbons (Fsp3) is 0.524. The van der Waals surface area contributed by atoms with E-state index in [-0.39, 0.29) is 6.10 Å². The van der Waals surface area contributed by atoms with E-state index in [1.807, 2.05) is 13.0 Å². The number of aliphatic imine (C=N–C) groups is 2. The Labute approximate surface area is 173 Å². The van der Waals surface area contributed by atoms with E-state index in [4.69, 9.17) is 27.8 Å². The van der Waals surface area contributed by atoms with Crippen LogP contribution in [0.25, 0.3) is 0 Å². The van der Waals surface area contributed by atoms with E-state index in [1.54, 1.807) is 13.3 Å². The second kappa shape index (κ2) is 11.2. The molecule has 0 aliphatic carbocycles. The van der Waals surface area contributed by atoms with Gasteiger partial charge in [0.2, 0.25) is 0 Å². The molecule has 1 unspecified atom stereocenters. The molecular weight excluding hydrogens is 374 g/mol. The molecule has 7 heteroatoms. The standard InChI is InChI=1S/C21H32ClN5O/c1-15-8-21(22)26-20(16(15)2)9-17(10-23)18(11-24)12-25-13-19(28-3)14-27-6-4-5-7-27/h9-12,19H,4-8,13-14,23-24H2,1-3H3. The Balaban J connectivity index is 2.06. The SMILES string of the molecule is COC(CN=CC(=CN)C(=CN)C=C1N=C(Cl)CC(C)=C1C)CN1CCCC1. The average Bonchev–Trinajstić information content (AvgIpc) is 3.19. The number of dihydropyridines is 1. The first-order chi connectivity index (χ1) is 13.5. The third-order valence-electron chi connectivity index (χ3n) is 5.20. The van der Waals surface area contributed by atoms with Crippen molar-refractivity contribution in [2.24, 2.45) is 21.5 Å². The molecule has 0 bridgehead atoms. The number of rotatable bonds is 8. The summed E-state index contributed by atoms with van der Waals surface area (Å²) >= 11 is 6.16. The van der Waals surface area contributed by atoms with Crippen LogP contribution in [0.5, 0.6) is 0 Å². The number of methoxy groups -OCH3 is 1. The Morgan fingerprint density at radius 2 is 1.93 bits per heavy atom. The lowest BCUT2D eigenvalue weighted by atomic mass is 9.99. The number of nitrogens with two attached hydrogens (primary N) is 2. The molecule has 0 spiro atoms. The highest BCUT2D eigenvalue weighted by molar-refractivity contribution is 6.65. The van der Waals surface area contributed by atoms with Crippen LogP contribution in [0.4, 0.5) is 0 Å². The third-order valence-corrected chi connectivity index (χ3v) is 5.41. The Morgan fingerprint density at radius 1 is 1.25 bits per heavy atom. The zero-order chi connectivity index (χ0) is 20.5. The second-order valence-electron chi connectivity index (χ2n) is 7.20. The number of halogens is 1. The van der Waals surface area contributed by atoms with E-state index < -0.39 is 0 Å². The molecule has 0 saturated carbocycles. The van der Waals surface area contributed by atoms with Gasteiger partial charge < -0.3 is 21.1 Å². The first-order valence-electron chi connectivity index (χ1n) is 9.69. The molecule has 2 heterocycles. The predicted octanol–water partition coefficient (Wildman–Crippen LogP) is 3.11. The van der Waals surface area contributed by atoms with Crippen molar-refractivity contribution in [3.05, 3.63) is 46.5 Å². The van der Waals surface area contributed by atoms with Crippen LogP contribution in [0.2, 0.25) is 0 Å². The number of hydrogen-bond donors (Lipinski definition) is 2. The molecule has 0 aromatic rings. The molecule has 2 aliphatic rings. The molecule has 28 heavy (non-hydrogen) atoms. The van der Waals surface area contributed by atoms with Gasteiger partial charge in [-0.3, -0.25) is 4.99 Å². The summed E-state index contributed by atoms with van der Waals surface area (Å²) in [5.74, 6) is 0. The Morgan fingerprint density at radius 3 is 2.54 bits per heavy atom. The van der Waals surface area contributed by atoms with E-state index in [2.05, 4.69) is 21.8 Å². The van der Waals surface area contributed by atoms with E-state index in [0.717, 1.165) is 42.1 Å². The summed E-state index contributed by atoms with van der Waals surface area (Å²) in [6.07, 6.45) is 9.92. The number of likely N-dealkylation sites (tertiary alicyclic amines) is 1. The Kier molecular flexibility index (Phi) is 8.96. The highest BCUT2D eigenvalue weighted by Crippen LogP contribution is 2.27. The lowest BCUT2D eigenvalue weighted by Crippen LogP contribution is -2.33. The van der Waals surface area contributed by atoms with Crippen molar-refractivity contribution in [2.75, 3.05) is 33.3 Å². The molecule has 6 nitrogen and oxygen atoms in total. The van der Waals surface area contributed by atoms with E-state index in [1.165, 1.54) is 30.8 Å². The third kappa shape index (κ3) is 6.33. The molecule has 0 aromatic carbocycles. The Hall–Kier alpha value is -1.89. The van der Waals surface area contributed by atoms with Crippen molar-refractivity contribution >= 4 is 23.0 Å². The molecule has 4 N–H and O–H groups in total. The van der Waals surface area contributed by atoms with Gasteiger partial charge in [-0.25, -0.2) is 4.99 Å². The summed E-state index contributed by atoms with van der Waals surface area (Å²) < 4.78 is 5.58. The summed E-state index contributed by atoms with van der Waals surface area (Å²) in [5.41, 5.74) is 16.3. The quantitative estimate of drug-likeness (QED) is 0.479. The van der Waals surface area contributed by atoms with Crippen LogP contribution in [-0.4, -0.2) is 55.7 Å². The highest BCUT2D eigenvalue weighted by atomic mass is 35.5. The first-order valence-corrected chi connectivity index (χ1v) is 10.1. The topological polar surface area (TPSA) is 89.2 Å². The van der Waals surface area contributed by atoms with Crippen LogP contribution in [-0.2, 0) is 4.74 Å². The van der Waals surface area contributed by atoms with E-state index in [9.17, 15) is 0 Å². The van der Waals surface area contributed by atoms with Gasteiger partial charge >= 0.3 is 0 Å². The molecule has 154 valence electrons. The minimum atomic E-state index is 0.0617. The van der Waals surface area contributed by atoms with Crippen molar-refractivity contribution in [3.63, 3.8) is 0 Å². The minimum Gasteiger partial charge on any atom is -0.404 e. The molecule has 1 saturated heterocycles. The van der Waals surface area contributed by atoms with Crippen LogP contribution < -0.4 is 11.5 Å². The molecule has 1 atom stereocenters. The summed E-state index contributed by atoms with van der Waals surface area (Å²) in [4.78, 5) is 11.4. The fourth-order valence-electron chi connectivity index (χ4n) is 3.28. The molecule has 0 aromatic heterocycles. The van der Waals surface area contributed by atoms with Gasteiger partial charge in [0.1, 0.15) is 5.17 Å². The lowest BCUT2D eigenvalue weighted by Gasteiger charge is -2.20. The van der Waals surface area contributed by atoms with Gasteiger partial charge in [-0.2, -0.15) is 0 Å². The van der Waals surface area contributed by atoms with Crippen molar-refractivity contribution in [1.29, 1.82) is 0 Å². The minimum absolute atomic E-state index is 0.0617. The van der Waals surface area contributed by atoms with E-state index in [0.29, 0.717) is 18.1 Å². The number of ether oxygens (including phenoxy) is 1. The second-order valence-corrected chi connectivity index (χ2v) is 7.64. The average molecular weight is 406 g/mol. The number of nitrogens with zero attached hydrogens (tertiary/aromatic N) is 3. The maximum atomic E-state index is 6.16. The number of allylic oxidation sites excluding steroid dienone is 5. The Bertz CT molecular complexity index is 727. The molecule has 1 fully saturated rings. The fourth-order valence-corrected chi connectivity index (χ4v) is 3.57. The summed E-state index contributed by atoms with van der Waals surface area (Å²) in [6, 6.07) is 0. The maximum absolute atomic E-state index is 6.16. The molecule has 2 aliphatic heterocycles. The van der Waals surface area contributed by atoms with Crippen LogP contribution in [0.3, 0.4) is 0 Å². The lowest BCUT2D eigenvalue weighted by molar-refractivity contribution is 0.0781. The van der Waals surface area contributed by atoms with Crippen LogP contribution >= 0.6 is 11.6 Å². The largest absolute Gasteiger partial charge is 0.404 e. The molecule has 0 radical (unpaired) electrons. The van der Waals surface area contributed by atoms with Crippen molar-refractivity contribution < 1.29 is 4.74 Å². The zero-order valence-corrected chi connectivity index (χ0v) is 17.9. The highest BCUT2D eigenvalue weighted by Gasteiger charge is 2.17. The van der Waals surface area contributed by atoms with Gasteiger partial charge in [-0.05, 0) is 51.4 Å². The van der Waals surface area contributed by atoms with Crippen LogP contribution in [0.1, 0.15) is 33.1 Å². The molecule has 2 rings (SSSR count). The van der Waals surface area contributed by atoms with Crippen LogP contribution in [0.15, 0.2) is 56.5 Å². The smallest absolute Gasteiger partial charge is 0.111 e. The normalized spacial score (nSPS) is 22.4. The molecular formula is C21H32ClN5O. The number of hydrogen-bond acceptors (Lipinski definition) is 6. The van der Waals surface area contributed by atoms with Crippen molar-refractivity contribution in [3.8, 4) is 0 Å². The monoisotopic (exact) mass is 405 g/mol. The summed E-state index contributed by atoms with van der Waals surface area (Å²) in [7, 11) is 1.73. The summed E-state index contributed by atoms with van der Waals surface area (Å²) in [6.45, 7) is 7.83. The predicted molar refractivity (Wildman–Crippen MR) is 119 cm³/mol. The van der Waals surface area contributed by atoms with Gasteiger partial charge in [0.05, 0.1) is 18.3 Å². The van der Waals surface area contributed by atoms with Gasteiger partial charge in [0.25, 0.3) is 0 Å². The van der Waals surface area contributed by atoms with Gasteiger partial charge in [0, 0.05) is 49.8 Å². The van der Waals surface area contributed by atoms with Gasteiger partial charge in [-0.1, -0.05) is 17.2 Å². The van der Waals surface area contributed by atoms with Crippen LogP contribution in [0, 0.1) is 0 Å². The maximum Gasteiger partial charge on any atom is 0.111 e. The summed E-state index contributed by atoms with van der Waals surface area (Å²) in [5, 5.41) is 0.572. The zero-order valence-electron chi connectivity index (χ0n) is 17.1. The first kappa shape index (κ1) is 22.4. The van der Waals surface area contributed by atoms with Crippen molar-refractivity contribution in [2.45, 2.75) is 39.2 Å².